The number of fused-ring (bicyclic) bond motifs is 3. The smallest absolute Gasteiger partial charge is 0.318 e. The van der Waals surface area contributed by atoms with Crippen LogP contribution in [0, 0.1) is 5.82 Å². The molecular formula is C25H24FN5O3S. The predicted molar refractivity (Wildman–Crippen MR) is 129 cm³/mol. The molecule has 2 aromatic heterocycles. The molecule has 0 spiro atoms. The summed E-state index contributed by atoms with van der Waals surface area (Å²) in [5, 5.41) is 7.63. The molecule has 2 amide bonds. The van der Waals surface area contributed by atoms with E-state index in [9.17, 15) is 14.0 Å². The highest BCUT2D eigenvalue weighted by molar-refractivity contribution is 7.17. The maximum absolute atomic E-state index is 13.2. The number of halogens is 1. The number of rotatable bonds is 6. The fourth-order valence-electron chi connectivity index (χ4n) is 4.15. The molecule has 1 N–H and O–H groups in total. The monoisotopic (exact) mass is 493 g/mol. The van der Waals surface area contributed by atoms with E-state index in [0.29, 0.717) is 31.9 Å². The molecule has 1 unspecified atom stereocenters. The number of nitrogens with zero attached hydrogens (tertiary/aromatic N) is 4. The van der Waals surface area contributed by atoms with Gasteiger partial charge in [-0.05, 0) is 36.8 Å². The average molecular weight is 494 g/mol. The van der Waals surface area contributed by atoms with E-state index < -0.39 is 6.04 Å². The highest BCUT2D eigenvalue weighted by Gasteiger charge is 2.28. The predicted octanol–water partition coefficient (Wildman–Crippen LogP) is 4.36. The molecule has 180 valence electrons. The first-order chi connectivity index (χ1) is 17.0. The third-order valence-electron chi connectivity index (χ3n) is 5.89. The van der Waals surface area contributed by atoms with E-state index in [1.54, 1.807) is 24.0 Å². The summed E-state index contributed by atoms with van der Waals surface area (Å²) in [5.41, 5.74) is 2.63. The molecule has 1 aliphatic rings. The summed E-state index contributed by atoms with van der Waals surface area (Å²) >= 11 is 1.49. The minimum Gasteiger partial charge on any atom is -0.466 e. The lowest BCUT2D eigenvalue weighted by atomic mass is 10.0. The first-order valence-corrected chi connectivity index (χ1v) is 12.2. The second-order valence-corrected chi connectivity index (χ2v) is 9.26. The lowest BCUT2D eigenvalue weighted by Gasteiger charge is -2.29. The zero-order valence-corrected chi connectivity index (χ0v) is 19.9. The van der Waals surface area contributed by atoms with Gasteiger partial charge >= 0.3 is 12.0 Å². The fourth-order valence-corrected chi connectivity index (χ4v) is 5.26. The second kappa shape index (κ2) is 9.83. The van der Waals surface area contributed by atoms with Gasteiger partial charge in [0.1, 0.15) is 5.82 Å². The maximum atomic E-state index is 13.2. The Morgan fingerprint density at radius 3 is 2.69 bits per heavy atom. The van der Waals surface area contributed by atoms with E-state index in [1.165, 1.54) is 23.5 Å². The van der Waals surface area contributed by atoms with Crippen molar-refractivity contribution >= 4 is 28.3 Å². The average Bonchev–Trinajstić information content (AvgIpc) is 3.42. The highest BCUT2D eigenvalue weighted by Crippen LogP contribution is 2.30. The molecule has 1 atom stereocenters. The number of ether oxygens (including phenoxy) is 1. The standard InChI is InChI=1S/C25H24FN5O3S/c1-2-34-22(32)14-19(16-6-4-3-5-7-16)27-24(33)30-13-12-20-21(15-30)35-25-28-23(29-31(20)25)17-8-10-18(26)11-9-17/h3-11,19H,2,12-15H2,1H3,(H,27,33). The Labute approximate surface area is 205 Å². The first kappa shape index (κ1) is 23.0. The van der Waals surface area contributed by atoms with Gasteiger partial charge in [0.2, 0.25) is 4.96 Å². The van der Waals surface area contributed by atoms with E-state index in [2.05, 4.69) is 15.4 Å². The highest BCUT2D eigenvalue weighted by atomic mass is 32.1. The lowest BCUT2D eigenvalue weighted by molar-refractivity contribution is -0.143. The number of nitrogens with one attached hydrogen (secondary N) is 1. The summed E-state index contributed by atoms with van der Waals surface area (Å²) in [4.78, 5) is 33.4. The summed E-state index contributed by atoms with van der Waals surface area (Å²) in [5.74, 6) is -0.115. The fraction of sp³-hybridized carbons (Fsp3) is 0.280. The number of thiazole rings is 1. The van der Waals surface area contributed by atoms with E-state index >= 15 is 0 Å². The van der Waals surface area contributed by atoms with E-state index in [-0.39, 0.29) is 24.2 Å². The molecule has 1 aliphatic heterocycles. The third kappa shape index (κ3) is 4.88. The zero-order chi connectivity index (χ0) is 24.4. The van der Waals surface area contributed by atoms with E-state index in [4.69, 9.17) is 4.74 Å². The summed E-state index contributed by atoms with van der Waals surface area (Å²) in [7, 11) is 0. The molecule has 5 rings (SSSR count). The van der Waals surface area contributed by atoms with Gasteiger partial charge in [-0.3, -0.25) is 4.79 Å². The minimum absolute atomic E-state index is 0.0611. The number of amides is 2. The summed E-state index contributed by atoms with van der Waals surface area (Å²) in [6.45, 7) is 3.00. The van der Waals surface area contributed by atoms with Crippen LogP contribution in [0.5, 0.6) is 0 Å². The number of benzene rings is 2. The lowest BCUT2D eigenvalue weighted by Crippen LogP contribution is -2.44. The van der Waals surface area contributed by atoms with Crippen molar-refractivity contribution in [1.29, 1.82) is 0 Å². The van der Waals surface area contributed by atoms with Crippen LogP contribution < -0.4 is 5.32 Å². The topological polar surface area (TPSA) is 88.8 Å². The van der Waals surface area contributed by atoms with Gasteiger partial charge in [0.05, 0.1) is 31.3 Å². The molecule has 10 heteroatoms. The number of hydrogen-bond acceptors (Lipinski definition) is 6. The molecule has 0 saturated carbocycles. The first-order valence-electron chi connectivity index (χ1n) is 11.4. The Bertz CT molecular complexity index is 1350. The van der Waals surface area contributed by atoms with Crippen molar-refractivity contribution in [3.05, 3.63) is 76.5 Å². The molecule has 0 fully saturated rings. The summed E-state index contributed by atoms with van der Waals surface area (Å²) < 4.78 is 20.2. The van der Waals surface area contributed by atoms with Crippen molar-refractivity contribution in [2.75, 3.05) is 13.2 Å². The number of urea groups is 1. The van der Waals surface area contributed by atoms with Crippen molar-refractivity contribution in [1.82, 2.24) is 24.8 Å². The van der Waals surface area contributed by atoms with E-state index in [1.807, 2.05) is 34.8 Å². The Balaban J connectivity index is 1.31. The zero-order valence-electron chi connectivity index (χ0n) is 19.1. The molecule has 0 bridgehead atoms. The molecule has 0 radical (unpaired) electrons. The normalized spacial score (nSPS) is 13.9. The van der Waals surface area contributed by atoms with Crippen LogP contribution in [0.4, 0.5) is 9.18 Å². The molecule has 0 saturated heterocycles. The largest absolute Gasteiger partial charge is 0.466 e. The van der Waals surface area contributed by atoms with Crippen molar-refractivity contribution in [2.45, 2.75) is 32.4 Å². The van der Waals surface area contributed by atoms with Gasteiger partial charge in [-0.1, -0.05) is 41.7 Å². The minimum atomic E-state index is -0.482. The van der Waals surface area contributed by atoms with Crippen LogP contribution in [-0.4, -0.2) is 44.7 Å². The molecule has 2 aromatic carbocycles. The second-order valence-electron chi connectivity index (χ2n) is 8.20. The molecular weight excluding hydrogens is 469 g/mol. The van der Waals surface area contributed by atoms with Gasteiger partial charge in [-0.15, -0.1) is 5.10 Å². The third-order valence-corrected chi connectivity index (χ3v) is 6.95. The summed E-state index contributed by atoms with van der Waals surface area (Å²) in [6, 6.07) is 14.8. The summed E-state index contributed by atoms with van der Waals surface area (Å²) in [6.07, 6.45) is 0.689. The van der Waals surface area contributed by atoms with Gasteiger partial charge in [0, 0.05) is 23.4 Å². The SMILES string of the molecule is CCOC(=O)CC(NC(=O)N1CCc2c(sc3nc(-c4ccc(F)cc4)nn23)C1)c1ccccc1. The Morgan fingerprint density at radius 1 is 1.17 bits per heavy atom. The van der Waals surface area contributed by atoms with Gasteiger partial charge in [0.25, 0.3) is 0 Å². The van der Waals surface area contributed by atoms with Gasteiger partial charge in [0.15, 0.2) is 5.82 Å². The number of carbonyl (C=O) groups excluding carboxylic acids is 2. The van der Waals surface area contributed by atoms with Crippen molar-refractivity contribution < 1.29 is 18.7 Å². The number of aromatic nitrogens is 3. The molecule has 4 aromatic rings. The molecule has 3 heterocycles. The van der Waals surface area contributed by atoms with Crippen LogP contribution in [0.3, 0.4) is 0 Å². The van der Waals surface area contributed by atoms with Gasteiger partial charge in [-0.25, -0.2) is 13.7 Å². The number of carbonyl (C=O) groups is 2. The van der Waals surface area contributed by atoms with Crippen LogP contribution >= 0.6 is 11.3 Å². The Morgan fingerprint density at radius 2 is 1.94 bits per heavy atom. The van der Waals surface area contributed by atoms with Gasteiger partial charge in [-0.2, -0.15) is 4.98 Å². The molecule has 8 nitrogen and oxygen atoms in total. The quantitative estimate of drug-likeness (QED) is 0.403. The Hall–Kier alpha value is -3.79. The molecule has 0 aliphatic carbocycles. The molecule has 35 heavy (non-hydrogen) atoms. The van der Waals surface area contributed by atoms with Crippen LogP contribution in [-0.2, 0) is 22.5 Å². The van der Waals surface area contributed by atoms with Crippen LogP contribution in [0.25, 0.3) is 16.3 Å². The van der Waals surface area contributed by atoms with Crippen LogP contribution in [0.1, 0.15) is 35.5 Å². The Kier molecular flexibility index (Phi) is 6.45. The van der Waals surface area contributed by atoms with Gasteiger partial charge < -0.3 is 15.0 Å². The van der Waals surface area contributed by atoms with Crippen molar-refractivity contribution in [3.8, 4) is 11.4 Å². The van der Waals surface area contributed by atoms with Crippen molar-refractivity contribution in [2.24, 2.45) is 0 Å². The van der Waals surface area contributed by atoms with Crippen LogP contribution in [0.2, 0.25) is 0 Å². The van der Waals surface area contributed by atoms with Crippen LogP contribution in [0.15, 0.2) is 54.6 Å². The maximum Gasteiger partial charge on any atom is 0.318 e. The number of hydrogen-bond donors (Lipinski definition) is 1. The van der Waals surface area contributed by atoms with Crippen molar-refractivity contribution in [3.63, 3.8) is 0 Å². The van der Waals surface area contributed by atoms with E-state index in [0.717, 1.165) is 26.7 Å². The number of esters is 1.